The van der Waals surface area contributed by atoms with Gasteiger partial charge in [-0.15, -0.1) is 0 Å². The van der Waals surface area contributed by atoms with Crippen molar-refractivity contribution in [3.8, 4) is 16.8 Å². The van der Waals surface area contributed by atoms with E-state index in [4.69, 9.17) is 39.5 Å². The molecule has 1 aliphatic rings. The Morgan fingerprint density at radius 2 is 1.74 bits per heavy atom. The van der Waals surface area contributed by atoms with Crippen LogP contribution in [0, 0.1) is 18.6 Å². The molecule has 1 saturated heterocycles. The Bertz CT molecular complexity index is 1650. The smallest absolute Gasteiger partial charge is 0.394 e. The molecule has 0 amide bonds. The Hall–Kier alpha value is -2.85. The summed E-state index contributed by atoms with van der Waals surface area (Å²) in [5, 5.41) is 39.1. The van der Waals surface area contributed by atoms with E-state index in [1.165, 1.54) is 19.2 Å². The van der Waals surface area contributed by atoms with E-state index in [-0.39, 0.29) is 27.8 Å². The number of aromatic nitrogens is 5. The van der Waals surface area contributed by atoms with Gasteiger partial charge in [0.1, 0.15) is 36.3 Å². The first kappa shape index (κ1) is 30.6. The van der Waals surface area contributed by atoms with Gasteiger partial charge in [-0.05, 0) is 31.2 Å². The Morgan fingerprint density at radius 1 is 1.02 bits per heavy atom. The minimum atomic E-state index is -4.95. The van der Waals surface area contributed by atoms with Gasteiger partial charge < -0.3 is 20.1 Å². The first-order valence-electron chi connectivity index (χ1n) is 12.0. The van der Waals surface area contributed by atoms with Crippen molar-refractivity contribution in [3.63, 3.8) is 0 Å². The number of halogens is 8. The van der Waals surface area contributed by atoms with E-state index in [0.29, 0.717) is 0 Å². The Labute approximate surface area is 248 Å². The van der Waals surface area contributed by atoms with Crippen molar-refractivity contribution in [2.75, 3.05) is 6.61 Å². The van der Waals surface area contributed by atoms with Gasteiger partial charge in [-0.3, -0.25) is 4.68 Å². The zero-order valence-electron chi connectivity index (χ0n) is 21.1. The normalized spacial score (nSPS) is 23.0. The molecule has 3 N–H and O–H groups in total. The fourth-order valence-electron chi connectivity index (χ4n) is 4.82. The molecule has 0 radical (unpaired) electrons. The van der Waals surface area contributed by atoms with E-state index in [9.17, 15) is 37.3 Å². The molecule has 0 bridgehead atoms. The summed E-state index contributed by atoms with van der Waals surface area (Å²) in [5.41, 5.74) is -2.07. The molecule has 17 heteroatoms. The Balaban J connectivity index is 1.60. The van der Waals surface area contributed by atoms with Gasteiger partial charge in [0.25, 0.3) is 0 Å². The third-order valence-corrected chi connectivity index (χ3v) is 7.49. The second-order valence-electron chi connectivity index (χ2n) is 9.39. The molecule has 42 heavy (non-hydrogen) atoms. The molecule has 224 valence electrons. The van der Waals surface area contributed by atoms with Gasteiger partial charge in [-0.25, -0.2) is 18.4 Å². The highest BCUT2D eigenvalue weighted by Gasteiger charge is 2.49. The number of nitrogens with zero attached hydrogens (tertiary/aromatic N) is 5. The summed E-state index contributed by atoms with van der Waals surface area (Å²) in [6.45, 7) is 0.597. The molecule has 0 saturated carbocycles. The average molecular weight is 655 g/mol. The number of hydrogen-bond acceptors (Lipinski definition) is 7. The van der Waals surface area contributed by atoms with E-state index in [2.05, 4.69) is 15.2 Å². The molecule has 4 aromatic rings. The van der Waals surface area contributed by atoms with Gasteiger partial charge in [0.15, 0.2) is 17.5 Å². The van der Waals surface area contributed by atoms with E-state index >= 15 is 0 Å². The Morgan fingerprint density at radius 3 is 2.40 bits per heavy atom. The predicted molar refractivity (Wildman–Crippen MR) is 139 cm³/mol. The maximum atomic E-state index is 14.6. The maximum Gasteiger partial charge on any atom is 0.419 e. The van der Waals surface area contributed by atoms with Crippen LogP contribution in [0.2, 0.25) is 15.1 Å². The van der Waals surface area contributed by atoms with E-state index in [1.807, 2.05) is 0 Å². The highest BCUT2D eigenvalue weighted by Crippen LogP contribution is 2.43. The second-order valence-corrected chi connectivity index (χ2v) is 10.6. The molecule has 9 nitrogen and oxygen atoms in total. The number of aliphatic hydroxyl groups excluding tert-OH is 3. The molecule has 5 atom stereocenters. The zero-order chi connectivity index (χ0) is 30.7. The fraction of sp³-hybridized carbons (Fsp3) is 0.320. The molecule has 2 aromatic heterocycles. The molecule has 0 unspecified atom stereocenters. The molecular formula is C25H19Cl3F5N5O4. The van der Waals surface area contributed by atoms with Crippen LogP contribution in [0.4, 0.5) is 22.0 Å². The molecule has 1 aliphatic heterocycles. The number of benzene rings is 2. The minimum absolute atomic E-state index is 0.0186. The van der Waals surface area contributed by atoms with Crippen molar-refractivity contribution >= 4 is 34.8 Å². The summed E-state index contributed by atoms with van der Waals surface area (Å²) in [6.07, 6.45) is -8.98. The van der Waals surface area contributed by atoms with E-state index in [1.54, 1.807) is 0 Å². The van der Waals surface area contributed by atoms with Gasteiger partial charge >= 0.3 is 6.18 Å². The first-order chi connectivity index (χ1) is 19.7. The van der Waals surface area contributed by atoms with E-state index in [0.717, 1.165) is 33.8 Å². The third-order valence-electron chi connectivity index (χ3n) is 6.68. The van der Waals surface area contributed by atoms with Crippen LogP contribution in [0.15, 0.2) is 36.7 Å². The van der Waals surface area contributed by atoms with Gasteiger partial charge in [-0.2, -0.15) is 23.4 Å². The number of aryl methyl sites for hydroxylation is 1. The van der Waals surface area contributed by atoms with Gasteiger partial charge in [0.05, 0.1) is 34.1 Å². The van der Waals surface area contributed by atoms with E-state index < -0.39 is 76.2 Å². The molecule has 0 aliphatic carbocycles. The van der Waals surface area contributed by atoms with Crippen LogP contribution >= 0.6 is 34.8 Å². The highest BCUT2D eigenvalue weighted by molar-refractivity contribution is 6.35. The fourth-order valence-corrected chi connectivity index (χ4v) is 5.55. The SMILES string of the molecule is Cc1nc([C@@H]2O[C@H](CO)[C@H](O)[C@H](n3cc(-c4ccc(Cl)c(F)c4F)cn3)[C@H]2O)n(-c2cc(Cl)cc(Cl)c2C(F)(F)F)n1. The van der Waals surface area contributed by atoms with Crippen LogP contribution < -0.4 is 0 Å². The number of ether oxygens (including phenoxy) is 1. The molecule has 2 aromatic carbocycles. The average Bonchev–Trinajstić information content (AvgIpc) is 3.53. The van der Waals surface area contributed by atoms with Crippen LogP contribution in [0.5, 0.6) is 0 Å². The molecule has 1 fully saturated rings. The lowest BCUT2D eigenvalue weighted by atomic mass is 9.92. The molecule has 3 heterocycles. The summed E-state index contributed by atoms with van der Waals surface area (Å²) in [6, 6.07) is 2.79. The summed E-state index contributed by atoms with van der Waals surface area (Å²) >= 11 is 17.6. The van der Waals surface area contributed by atoms with Crippen molar-refractivity contribution in [1.82, 2.24) is 24.5 Å². The first-order valence-corrected chi connectivity index (χ1v) is 13.2. The summed E-state index contributed by atoms with van der Waals surface area (Å²) < 4.78 is 78.3. The number of rotatable bonds is 5. The Kier molecular flexibility index (Phi) is 8.26. The number of hydrogen-bond donors (Lipinski definition) is 3. The lowest BCUT2D eigenvalue weighted by Crippen LogP contribution is -2.53. The molecule has 0 spiro atoms. The van der Waals surface area contributed by atoms with Crippen LogP contribution in [0.1, 0.15) is 29.4 Å². The minimum Gasteiger partial charge on any atom is -0.394 e. The monoisotopic (exact) mass is 653 g/mol. The number of aliphatic hydroxyl groups is 3. The highest BCUT2D eigenvalue weighted by atomic mass is 35.5. The largest absolute Gasteiger partial charge is 0.419 e. The second kappa shape index (κ2) is 11.3. The van der Waals surface area contributed by atoms with Gasteiger partial charge in [-0.1, -0.05) is 34.8 Å². The van der Waals surface area contributed by atoms with Crippen molar-refractivity contribution in [3.05, 3.63) is 80.6 Å². The van der Waals surface area contributed by atoms with Crippen molar-refractivity contribution < 1.29 is 42.0 Å². The van der Waals surface area contributed by atoms with Gasteiger partial charge in [0.2, 0.25) is 0 Å². The topological polar surface area (TPSA) is 118 Å². The summed E-state index contributed by atoms with van der Waals surface area (Å²) in [7, 11) is 0. The lowest BCUT2D eigenvalue weighted by molar-refractivity contribution is -0.210. The van der Waals surface area contributed by atoms with Crippen molar-refractivity contribution in [1.29, 1.82) is 0 Å². The third kappa shape index (κ3) is 5.36. The maximum absolute atomic E-state index is 14.6. The predicted octanol–water partition coefficient (Wildman–Crippen LogP) is 5.09. The standard InChI is InChI=1S/C25H19Cl3F5N5O4/c1-9-35-24(38(36-9)15-5-11(26)4-14(28)17(15)25(31,32)33)23-22(41)20(21(40)16(8-39)42-23)37-7-10(6-34-37)12-2-3-13(27)19(30)18(12)29/h2-7,16,20-23,39-41H,8H2,1H3/t16-,20+,21+,22-,23-/m1/s1. The lowest BCUT2D eigenvalue weighted by Gasteiger charge is -2.42. The zero-order valence-corrected chi connectivity index (χ0v) is 23.3. The number of alkyl halides is 3. The van der Waals surface area contributed by atoms with Crippen LogP contribution in [0.3, 0.4) is 0 Å². The van der Waals surface area contributed by atoms with Crippen molar-refractivity contribution in [2.45, 2.75) is 43.6 Å². The van der Waals surface area contributed by atoms with Crippen LogP contribution in [-0.2, 0) is 10.9 Å². The summed E-state index contributed by atoms with van der Waals surface area (Å²) in [4.78, 5) is 4.16. The summed E-state index contributed by atoms with van der Waals surface area (Å²) in [5.74, 6) is -2.90. The van der Waals surface area contributed by atoms with Gasteiger partial charge in [0, 0.05) is 22.3 Å². The van der Waals surface area contributed by atoms with Crippen LogP contribution in [0.25, 0.3) is 16.8 Å². The quantitative estimate of drug-likeness (QED) is 0.203. The molecular weight excluding hydrogens is 636 g/mol. The van der Waals surface area contributed by atoms with Crippen LogP contribution in [-0.4, -0.2) is 64.8 Å². The molecule has 5 rings (SSSR count). The van der Waals surface area contributed by atoms with Crippen molar-refractivity contribution in [2.24, 2.45) is 0 Å².